The molecule has 1 aliphatic heterocycles. The minimum absolute atomic E-state index is 0.0780. The number of amides is 3. The van der Waals surface area contributed by atoms with Crippen molar-refractivity contribution in [2.75, 3.05) is 16.8 Å². The van der Waals surface area contributed by atoms with Crippen molar-refractivity contribution in [3.63, 3.8) is 0 Å². The molecule has 1 unspecified atom stereocenters. The molecule has 3 amide bonds. The average Bonchev–Trinajstić information content (AvgIpc) is 3.17. The van der Waals surface area contributed by atoms with Crippen LogP contribution >= 0.6 is 15.9 Å². The number of carbonyl (C=O) groups is 3. The van der Waals surface area contributed by atoms with Gasteiger partial charge < -0.3 is 15.5 Å². The van der Waals surface area contributed by atoms with Gasteiger partial charge in [0.1, 0.15) is 0 Å². The van der Waals surface area contributed by atoms with Crippen molar-refractivity contribution in [2.24, 2.45) is 5.92 Å². The van der Waals surface area contributed by atoms with Gasteiger partial charge in [-0.1, -0.05) is 47.3 Å². The quantitative estimate of drug-likeness (QED) is 0.656. The SMILES string of the molecule is O=C(NC1CCCCC1)c1ccccc1NC(=O)C1CC(=O)N(c2ccc(Br)cc2)C1. The van der Waals surface area contributed by atoms with E-state index in [1.54, 1.807) is 29.2 Å². The normalized spacial score (nSPS) is 19.3. The summed E-state index contributed by atoms with van der Waals surface area (Å²) in [6.45, 7) is 0.322. The Hall–Kier alpha value is -2.67. The van der Waals surface area contributed by atoms with E-state index < -0.39 is 5.92 Å². The van der Waals surface area contributed by atoms with E-state index >= 15 is 0 Å². The van der Waals surface area contributed by atoms with Gasteiger partial charge in [0.15, 0.2) is 0 Å². The average molecular weight is 484 g/mol. The topological polar surface area (TPSA) is 78.5 Å². The van der Waals surface area contributed by atoms with E-state index in [9.17, 15) is 14.4 Å². The van der Waals surface area contributed by atoms with Gasteiger partial charge in [0.05, 0.1) is 17.2 Å². The third-order valence-electron chi connectivity index (χ3n) is 6.00. The van der Waals surface area contributed by atoms with Crippen LogP contribution in [0.2, 0.25) is 0 Å². The zero-order chi connectivity index (χ0) is 21.8. The van der Waals surface area contributed by atoms with E-state index in [1.165, 1.54) is 6.42 Å². The number of carbonyl (C=O) groups excluding carboxylic acids is 3. The van der Waals surface area contributed by atoms with Crippen LogP contribution < -0.4 is 15.5 Å². The van der Waals surface area contributed by atoms with Crippen LogP contribution in [0.4, 0.5) is 11.4 Å². The summed E-state index contributed by atoms with van der Waals surface area (Å²) in [5.74, 6) is -0.955. The van der Waals surface area contributed by atoms with Crippen molar-refractivity contribution in [1.82, 2.24) is 5.32 Å². The lowest BCUT2D eigenvalue weighted by Gasteiger charge is -2.23. The molecule has 0 spiro atoms. The molecule has 2 aromatic rings. The van der Waals surface area contributed by atoms with E-state index in [2.05, 4.69) is 26.6 Å². The second kappa shape index (κ2) is 9.64. The summed E-state index contributed by atoms with van der Waals surface area (Å²) >= 11 is 3.39. The molecule has 2 N–H and O–H groups in total. The Labute approximate surface area is 190 Å². The minimum atomic E-state index is -0.467. The Morgan fingerprint density at radius 3 is 2.42 bits per heavy atom. The Kier molecular flexibility index (Phi) is 6.70. The van der Waals surface area contributed by atoms with Gasteiger partial charge in [-0.25, -0.2) is 0 Å². The zero-order valence-electron chi connectivity index (χ0n) is 17.3. The fourth-order valence-electron chi connectivity index (χ4n) is 4.29. The van der Waals surface area contributed by atoms with E-state index in [0.717, 1.165) is 35.8 Å². The Morgan fingerprint density at radius 1 is 0.968 bits per heavy atom. The molecule has 162 valence electrons. The monoisotopic (exact) mass is 483 g/mol. The molecule has 31 heavy (non-hydrogen) atoms. The van der Waals surface area contributed by atoms with Crippen LogP contribution in [0.5, 0.6) is 0 Å². The number of hydrogen-bond donors (Lipinski definition) is 2. The fourth-order valence-corrected chi connectivity index (χ4v) is 4.55. The number of halogens is 1. The maximum atomic E-state index is 12.9. The Bertz CT molecular complexity index is 970. The predicted octanol–water partition coefficient (Wildman–Crippen LogP) is 4.50. The second-order valence-corrected chi connectivity index (χ2v) is 9.14. The summed E-state index contributed by atoms with van der Waals surface area (Å²) in [5.41, 5.74) is 1.71. The van der Waals surface area contributed by atoms with Gasteiger partial charge in [-0.15, -0.1) is 0 Å². The molecule has 1 heterocycles. The van der Waals surface area contributed by atoms with Gasteiger partial charge in [0.2, 0.25) is 11.8 Å². The number of para-hydroxylation sites is 1. The first-order chi connectivity index (χ1) is 15.0. The summed E-state index contributed by atoms with van der Waals surface area (Å²) in [6, 6.07) is 14.7. The number of rotatable bonds is 5. The van der Waals surface area contributed by atoms with Gasteiger partial charge in [-0.3, -0.25) is 14.4 Å². The first-order valence-electron chi connectivity index (χ1n) is 10.8. The molecule has 2 aromatic carbocycles. The molecule has 4 rings (SSSR count). The molecule has 7 heteroatoms. The highest BCUT2D eigenvalue weighted by Crippen LogP contribution is 2.28. The Morgan fingerprint density at radius 2 is 1.68 bits per heavy atom. The van der Waals surface area contributed by atoms with Gasteiger partial charge in [0.25, 0.3) is 5.91 Å². The molecule has 1 saturated carbocycles. The van der Waals surface area contributed by atoms with Crippen molar-refractivity contribution in [2.45, 2.75) is 44.6 Å². The van der Waals surface area contributed by atoms with Crippen LogP contribution in [0, 0.1) is 5.92 Å². The highest BCUT2D eigenvalue weighted by atomic mass is 79.9. The number of anilines is 2. The molecule has 2 aliphatic rings. The molecule has 2 fully saturated rings. The van der Waals surface area contributed by atoms with Gasteiger partial charge >= 0.3 is 0 Å². The molecule has 1 saturated heterocycles. The summed E-state index contributed by atoms with van der Waals surface area (Å²) in [5, 5.41) is 5.99. The standard InChI is InChI=1S/C24H26BrN3O3/c25-17-10-12-19(13-11-17)28-15-16(14-22(28)29)23(30)27-21-9-5-4-8-20(21)24(31)26-18-6-2-1-3-7-18/h4-5,8-13,16,18H,1-3,6-7,14-15H2,(H,26,31)(H,27,30). The van der Waals surface area contributed by atoms with Crippen molar-refractivity contribution in [3.05, 3.63) is 58.6 Å². The van der Waals surface area contributed by atoms with Crippen molar-refractivity contribution in [1.29, 1.82) is 0 Å². The second-order valence-electron chi connectivity index (χ2n) is 8.23. The third-order valence-corrected chi connectivity index (χ3v) is 6.53. The fraction of sp³-hybridized carbons (Fsp3) is 0.375. The van der Waals surface area contributed by atoms with Gasteiger partial charge in [-0.05, 0) is 49.2 Å². The van der Waals surface area contributed by atoms with Crippen LogP contribution in [-0.4, -0.2) is 30.3 Å². The number of hydrogen-bond acceptors (Lipinski definition) is 3. The molecular formula is C24H26BrN3O3. The first kappa shape index (κ1) is 21.6. The van der Waals surface area contributed by atoms with Crippen molar-refractivity contribution < 1.29 is 14.4 Å². The first-order valence-corrected chi connectivity index (χ1v) is 11.6. The summed E-state index contributed by atoms with van der Waals surface area (Å²) in [6.07, 6.45) is 5.63. The maximum Gasteiger partial charge on any atom is 0.253 e. The molecule has 6 nitrogen and oxygen atoms in total. The molecule has 1 aliphatic carbocycles. The lowest BCUT2D eigenvalue weighted by Crippen LogP contribution is -2.36. The largest absolute Gasteiger partial charge is 0.349 e. The highest BCUT2D eigenvalue weighted by Gasteiger charge is 2.35. The molecular weight excluding hydrogens is 458 g/mol. The van der Waals surface area contributed by atoms with E-state index in [4.69, 9.17) is 0 Å². The lowest BCUT2D eigenvalue weighted by molar-refractivity contribution is -0.122. The minimum Gasteiger partial charge on any atom is -0.349 e. The number of benzene rings is 2. The molecule has 1 atom stereocenters. The van der Waals surface area contributed by atoms with Crippen molar-refractivity contribution in [3.8, 4) is 0 Å². The molecule has 0 bridgehead atoms. The molecule has 0 radical (unpaired) electrons. The third kappa shape index (κ3) is 5.15. The summed E-state index contributed by atoms with van der Waals surface area (Å²) < 4.78 is 0.931. The van der Waals surface area contributed by atoms with Crippen LogP contribution in [0.1, 0.15) is 48.9 Å². The van der Waals surface area contributed by atoms with Crippen LogP contribution in [0.25, 0.3) is 0 Å². The number of nitrogens with zero attached hydrogens (tertiary/aromatic N) is 1. The van der Waals surface area contributed by atoms with Crippen LogP contribution in [0.15, 0.2) is 53.0 Å². The lowest BCUT2D eigenvalue weighted by atomic mass is 9.95. The smallest absolute Gasteiger partial charge is 0.253 e. The Balaban J connectivity index is 1.42. The predicted molar refractivity (Wildman–Crippen MR) is 124 cm³/mol. The van der Waals surface area contributed by atoms with E-state index in [0.29, 0.717) is 17.8 Å². The maximum absolute atomic E-state index is 12.9. The van der Waals surface area contributed by atoms with Crippen LogP contribution in [0.3, 0.4) is 0 Å². The summed E-state index contributed by atoms with van der Waals surface area (Å²) in [4.78, 5) is 39.9. The van der Waals surface area contributed by atoms with Crippen molar-refractivity contribution >= 4 is 45.0 Å². The highest BCUT2D eigenvalue weighted by molar-refractivity contribution is 9.10. The van der Waals surface area contributed by atoms with Crippen LogP contribution in [-0.2, 0) is 9.59 Å². The summed E-state index contributed by atoms with van der Waals surface area (Å²) in [7, 11) is 0. The zero-order valence-corrected chi connectivity index (χ0v) is 18.9. The van der Waals surface area contributed by atoms with Gasteiger partial charge in [-0.2, -0.15) is 0 Å². The van der Waals surface area contributed by atoms with Gasteiger partial charge in [0, 0.05) is 29.2 Å². The number of nitrogens with one attached hydrogen (secondary N) is 2. The van der Waals surface area contributed by atoms with E-state index in [-0.39, 0.29) is 30.2 Å². The van der Waals surface area contributed by atoms with E-state index in [1.807, 2.05) is 24.3 Å². The molecule has 0 aromatic heterocycles.